The Bertz CT molecular complexity index is 711. The summed E-state index contributed by atoms with van der Waals surface area (Å²) in [7, 11) is 1.82. The van der Waals surface area contributed by atoms with Crippen LogP contribution < -0.4 is 4.74 Å². The Morgan fingerprint density at radius 2 is 2.23 bits per heavy atom. The molecule has 4 heteroatoms. The number of hydroxylamine groups is 3. The lowest BCUT2D eigenvalue weighted by atomic mass is 9.51. The van der Waals surface area contributed by atoms with Gasteiger partial charge in [0, 0.05) is 30.7 Å². The predicted molar refractivity (Wildman–Crippen MR) is 81.5 cm³/mol. The Morgan fingerprint density at radius 1 is 1.41 bits per heavy atom. The summed E-state index contributed by atoms with van der Waals surface area (Å²) in [6, 6.07) is 4.32. The van der Waals surface area contributed by atoms with Gasteiger partial charge < -0.3 is 14.6 Å². The monoisotopic (exact) mass is 299 g/mol. The first-order chi connectivity index (χ1) is 10.4. The fourth-order valence-corrected chi connectivity index (χ4v) is 5.82. The number of piperidine rings is 1. The van der Waals surface area contributed by atoms with Crippen molar-refractivity contribution in [2.24, 2.45) is 5.92 Å². The average Bonchev–Trinajstić information content (AvgIpc) is 2.84. The van der Waals surface area contributed by atoms with Crippen molar-refractivity contribution in [3.05, 3.63) is 34.0 Å². The number of aryl methyl sites for hydroxylation is 1. The maximum Gasteiger partial charge on any atom is 0.174 e. The zero-order chi connectivity index (χ0) is 15.3. The molecule has 116 valence electrons. The first-order valence-corrected chi connectivity index (χ1v) is 8.34. The number of nitrogens with zero attached hydrogens (tertiary/aromatic N) is 1. The molecule has 2 fully saturated rings. The molecule has 0 amide bonds. The number of ether oxygens (including phenoxy) is 1. The number of ketones is 1. The average molecular weight is 299 g/mol. The van der Waals surface area contributed by atoms with Gasteiger partial charge in [-0.3, -0.25) is 4.79 Å². The van der Waals surface area contributed by atoms with Crippen LogP contribution in [0.25, 0.3) is 0 Å². The number of hydrogen-bond donors (Lipinski definition) is 0. The molecule has 2 aliphatic heterocycles. The standard InChI is InChI=1S/C18H21NO3/c1-10-3-4-11-9-13-12-5-6-14(20)17-18(12,7-8-19(13,2)21)15(11)16(10)22-17/h3-4,12-13,17H,5-9H2,1-2H3/t12-,13?,17-,18-,19+/m1/s1. The highest BCUT2D eigenvalue weighted by molar-refractivity contribution is 5.88. The second-order valence-corrected chi connectivity index (χ2v) is 7.81. The highest BCUT2D eigenvalue weighted by atomic mass is 16.5. The molecule has 5 atom stereocenters. The number of rotatable bonds is 0. The van der Waals surface area contributed by atoms with Crippen molar-refractivity contribution in [1.29, 1.82) is 0 Å². The van der Waals surface area contributed by atoms with E-state index in [2.05, 4.69) is 19.1 Å². The van der Waals surface area contributed by atoms with Gasteiger partial charge in [0.2, 0.25) is 0 Å². The fourth-order valence-electron chi connectivity index (χ4n) is 5.82. The summed E-state index contributed by atoms with van der Waals surface area (Å²) in [5.74, 6) is 1.48. The minimum absolute atomic E-state index is 0.0779. The first-order valence-electron chi connectivity index (χ1n) is 8.34. The number of carbonyl (C=O) groups excluding carboxylic acids is 1. The summed E-state index contributed by atoms with van der Waals surface area (Å²) >= 11 is 0. The normalized spacial score (nSPS) is 44.5. The number of Topliss-reactive ketones (excluding diaryl/α,β-unsaturated/α-hetero) is 1. The van der Waals surface area contributed by atoms with Crippen molar-refractivity contribution in [2.75, 3.05) is 13.6 Å². The quantitative estimate of drug-likeness (QED) is 0.545. The number of likely N-dealkylation sites (N-methyl/N-ethyl adjacent to an activating group) is 1. The van der Waals surface area contributed by atoms with E-state index in [1.54, 1.807) is 0 Å². The number of hydrogen-bond acceptors (Lipinski definition) is 3. The smallest absolute Gasteiger partial charge is 0.174 e. The molecule has 4 aliphatic rings. The van der Waals surface area contributed by atoms with Gasteiger partial charge in [0.15, 0.2) is 11.9 Å². The molecule has 2 bridgehead atoms. The van der Waals surface area contributed by atoms with Crippen molar-refractivity contribution in [3.63, 3.8) is 0 Å². The second kappa shape index (κ2) is 3.74. The summed E-state index contributed by atoms with van der Waals surface area (Å²) in [5.41, 5.74) is 3.44. The zero-order valence-electron chi connectivity index (χ0n) is 13.1. The van der Waals surface area contributed by atoms with Crippen LogP contribution in [-0.4, -0.2) is 36.2 Å². The zero-order valence-corrected chi connectivity index (χ0v) is 13.1. The molecule has 1 spiro atoms. The topological polar surface area (TPSA) is 49.4 Å². The van der Waals surface area contributed by atoms with Gasteiger partial charge >= 0.3 is 0 Å². The third-order valence-electron chi connectivity index (χ3n) is 6.83. The van der Waals surface area contributed by atoms with Crippen LogP contribution in [-0.2, 0) is 16.6 Å². The lowest BCUT2D eigenvalue weighted by Gasteiger charge is -2.62. The number of benzene rings is 1. The molecule has 4 nitrogen and oxygen atoms in total. The Labute approximate surface area is 130 Å². The van der Waals surface area contributed by atoms with Gasteiger partial charge in [0.25, 0.3) is 0 Å². The van der Waals surface area contributed by atoms with Crippen molar-refractivity contribution >= 4 is 5.78 Å². The largest absolute Gasteiger partial charge is 0.633 e. The summed E-state index contributed by atoms with van der Waals surface area (Å²) < 4.78 is 6.07. The Morgan fingerprint density at radius 3 is 3.05 bits per heavy atom. The molecule has 1 aromatic rings. The van der Waals surface area contributed by atoms with Crippen molar-refractivity contribution < 1.29 is 14.2 Å². The lowest BCUT2D eigenvalue weighted by molar-refractivity contribution is -0.899. The first kappa shape index (κ1) is 13.1. The molecule has 1 saturated heterocycles. The van der Waals surface area contributed by atoms with E-state index in [9.17, 15) is 10.0 Å². The van der Waals surface area contributed by atoms with Crippen LogP contribution >= 0.6 is 0 Å². The van der Waals surface area contributed by atoms with Gasteiger partial charge in [-0.1, -0.05) is 12.1 Å². The van der Waals surface area contributed by atoms with Gasteiger partial charge in [-0.25, -0.2) is 0 Å². The van der Waals surface area contributed by atoms with Crippen LogP contribution in [0.5, 0.6) is 5.75 Å². The predicted octanol–water partition coefficient (Wildman–Crippen LogP) is 2.25. The Kier molecular flexibility index (Phi) is 2.23. The SMILES string of the molecule is Cc1ccc2c3c1O[C@@H]1C(=O)CC[C@@H]4C(C2)[N@@+](C)([O-])CC[C@@]314. The van der Waals surface area contributed by atoms with Gasteiger partial charge in [-0.05, 0) is 24.5 Å². The van der Waals surface area contributed by atoms with Gasteiger partial charge in [0.1, 0.15) is 5.75 Å². The molecule has 5 rings (SSSR count). The van der Waals surface area contributed by atoms with Crippen LogP contribution in [0.1, 0.15) is 36.0 Å². The van der Waals surface area contributed by atoms with E-state index in [1.807, 2.05) is 7.05 Å². The molecule has 0 N–H and O–H groups in total. The maximum atomic E-state index is 13.0. The summed E-state index contributed by atoms with van der Waals surface area (Å²) in [5, 5.41) is 13.0. The van der Waals surface area contributed by atoms with E-state index in [4.69, 9.17) is 4.74 Å². The van der Waals surface area contributed by atoms with Crippen molar-refractivity contribution in [1.82, 2.24) is 0 Å². The molecule has 0 aromatic heterocycles. The molecule has 2 heterocycles. The minimum Gasteiger partial charge on any atom is -0.633 e. The summed E-state index contributed by atoms with van der Waals surface area (Å²) in [4.78, 5) is 12.6. The van der Waals surface area contributed by atoms with E-state index >= 15 is 0 Å². The van der Waals surface area contributed by atoms with Gasteiger partial charge in [0.05, 0.1) is 25.0 Å². The minimum atomic E-state index is -0.343. The lowest BCUT2D eigenvalue weighted by Crippen LogP contribution is -2.70. The van der Waals surface area contributed by atoms with Gasteiger partial charge in [-0.15, -0.1) is 0 Å². The number of quaternary nitrogens is 1. The van der Waals surface area contributed by atoms with Crippen LogP contribution in [0, 0.1) is 18.0 Å². The Hall–Kier alpha value is -1.39. The molecular formula is C18H21NO3. The third-order valence-corrected chi connectivity index (χ3v) is 6.83. The molecule has 2 aliphatic carbocycles. The highest BCUT2D eigenvalue weighted by Gasteiger charge is 2.67. The van der Waals surface area contributed by atoms with E-state index in [1.165, 1.54) is 11.1 Å². The molecule has 22 heavy (non-hydrogen) atoms. The summed E-state index contributed by atoms with van der Waals surface area (Å²) in [6.07, 6.45) is 2.69. The Balaban J connectivity index is 1.83. The second-order valence-electron chi connectivity index (χ2n) is 7.81. The van der Waals surface area contributed by atoms with Crippen LogP contribution in [0.3, 0.4) is 0 Å². The third kappa shape index (κ3) is 1.26. The highest BCUT2D eigenvalue weighted by Crippen LogP contribution is 2.62. The van der Waals surface area contributed by atoms with Crippen LogP contribution in [0.4, 0.5) is 0 Å². The molecule has 0 radical (unpaired) electrons. The van der Waals surface area contributed by atoms with Crippen LogP contribution in [0.2, 0.25) is 0 Å². The van der Waals surface area contributed by atoms with E-state index < -0.39 is 0 Å². The van der Waals surface area contributed by atoms with Crippen molar-refractivity contribution in [2.45, 2.75) is 50.2 Å². The summed E-state index contributed by atoms with van der Waals surface area (Å²) in [6.45, 7) is 2.66. The van der Waals surface area contributed by atoms with Crippen LogP contribution in [0.15, 0.2) is 12.1 Å². The molecule has 1 saturated carbocycles. The fraction of sp³-hybridized carbons (Fsp3) is 0.611. The maximum absolute atomic E-state index is 13.0. The van der Waals surface area contributed by atoms with E-state index in [-0.39, 0.29) is 28.0 Å². The molecule has 1 aromatic carbocycles. The van der Waals surface area contributed by atoms with E-state index in [0.29, 0.717) is 18.9 Å². The van der Waals surface area contributed by atoms with Crippen molar-refractivity contribution in [3.8, 4) is 5.75 Å². The molecular weight excluding hydrogens is 278 g/mol. The molecule has 1 unspecified atom stereocenters. The van der Waals surface area contributed by atoms with Gasteiger partial charge in [-0.2, -0.15) is 0 Å². The van der Waals surface area contributed by atoms with E-state index in [0.717, 1.165) is 30.6 Å². The number of carbonyl (C=O) groups is 1. The number of likely N-dealkylation sites (tertiary alicyclic amines) is 1.